The second-order valence-corrected chi connectivity index (χ2v) is 6.28. The molecule has 2 atom stereocenters. The number of hydrazine groups is 1. The Morgan fingerprint density at radius 1 is 1.35 bits per heavy atom. The number of alkyl halides is 3. The van der Waals surface area contributed by atoms with Crippen LogP contribution in [0.25, 0.3) is 0 Å². The number of ether oxygens (including phenoxy) is 1. The zero-order valence-electron chi connectivity index (χ0n) is 13.6. The summed E-state index contributed by atoms with van der Waals surface area (Å²) in [5.41, 5.74) is -1.05. The number of pyridine rings is 1. The SMILES string of the molecule is CCOC(=O)C1[C@H]2C(=O)N(N(C)c3ncc(C(F)(F)F)cc3Cl)C(=O)[C@H]12. The smallest absolute Gasteiger partial charge is 0.417 e. The first kappa shape index (κ1) is 18.4. The van der Waals surface area contributed by atoms with Gasteiger partial charge in [0.05, 0.1) is 34.9 Å². The average molecular weight is 392 g/mol. The average Bonchev–Trinajstić information content (AvgIpc) is 3.23. The molecule has 1 aromatic rings. The normalized spacial score (nSPS) is 24.5. The molecule has 0 aromatic carbocycles. The van der Waals surface area contributed by atoms with E-state index in [0.717, 1.165) is 10.0 Å². The second-order valence-electron chi connectivity index (χ2n) is 5.87. The third kappa shape index (κ3) is 2.77. The lowest BCUT2D eigenvalue weighted by molar-refractivity contribution is -0.152. The molecule has 2 aliphatic rings. The highest BCUT2D eigenvalue weighted by Crippen LogP contribution is 2.54. The van der Waals surface area contributed by atoms with Crippen molar-refractivity contribution in [2.45, 2.75) is 13.1 Å². The van der Waals surface area contributed by atoms with Gasteiger partial charge in [0.2, 0.25) is 0 Å². The lowest BCUT2D eigenvalue weighted by atomic mass is 10.2. The molecule has 11 heteroatoms. The van der Waals surface area contributed by atoms with Crippen LogP contribution in [0.5, 0.6) is 0 Å². The number of hydrogen-bond acceptors (Lipinski definition) is 6. The lowest BCUT2D eigenvalue weighted by Gasteiger charge is -2.29. The van der Waals surface area contributed by atoms with Crippen molar-refractivity contribution in [1.29, 1.82) is 0 Å². The molecule has 0 radical (unpaired) electrons. The Morgan fingerprint density at radius 3 is 2.38 bits per heavy atom. The fourth-order valence-corrected chi connectivity index (χ4v) is 3.35. The number of nitrogens with zero attached hydrogens (tertiary/aromatic N) is 3. The first-order valence-electron chi connectivity index (χ1n) is 7.60. The van der Waals surface area contributed by atoms with Crippen LogP contribution in [-0.4, -0.2) is 41.4 Å². The first-order chi connectivity index (χ1) is 12.1. The molecule has 26 heavy (non-hydrogen) atoms. The van der Waals surface area contributed by atoms with Crippen molar-refractivity contribution < 1.29 is 32.3 Å². The molecule has 0 unspecified atom stereocenters. The summed E-state index contributed by atoms with van der Waals surface area (Å²) in [6, 6.07) is 0.660. The van der Waals surface area contributed by atoms with Crippen LogP contribution in [0.1, 0.15) is 12.5 Å². The van der Waals surface area contributed by atoms with Gasteiger partial charge in [-0.15, -0.1) is 0 Å². The lowest BCUT2D eigenvalue weighted by Crippen LogP contribution is -2.47. The van der Waals surface area contributed by atoms with E-state index in [2.05, 4.69) is 4.98 Å². The number of fused-ring (bicyclic) bond motifs is 1. The molecule has 0 bridgehead atoms. The number of halogens is 4. The summed E-state index contributed by atoms with van der Waals surface area (Å²) in [6.45, 7) is 1.74. The van der Waals surface area contributed by atoms with Crippen LogP contribution in [0, 0.1) is 17.8 Å². The zero-order valence-corrected chi connectivity index (χ0v) is 14.3. The molecule has 2 fully saturated rings. The molecule has 0 N–H and O–H groups in total. The van der Waals surface area contributed by atoms with Crippen molar-refractivity contribution in [3.63, 3.8) is 0 Å². The van der Waals surface area contributed by atoms with Crippen molar-refractivity contribution in [2.75, 3.05) is 18.7 Å². The Hall–Kier alpha value is -2.36. The number of piperidine rings is 1. The number of imide groups is 1. The van der Waals surface area contributed by atoms with E-state index in [9.17, 15) is 27.6 Å². The fraction of sp³-hybridized carbons (Fsp3) is 0.467. The molecule has 1 aliphatic carbocycles. The van der Waals surface area contributed by atoms with Gasteiger partial charge >= 0.3 is 12.1 Å². The predicted octanol–water partition coefficient (Wildman–Crippen LogP) is 1.90. The largest absolute Gasteiger partial charge is 0.466 e. The van der Waals surface area contributed by atoms with Crippen LogP contribution in [0.2, 0.25) is 5.02 Å². The highest BCUT2D eigenvalue weighted by atomic mass is 35.5. The van der Waals surface area contributed by atoms with E-state index in [-0.39, 0.29) is 17.4 Å². The third-order valence-electron chi connectivity index (χ3n) is 4.32. The van der Waals surface area contributed by atoms with Crippen LogP contribution in [0.4, 0.5) is 19.0 Å². The molecule has 140 valence electrons. The van der Waals surface area contributed by atoms with Gasteiger partial charge in [0.1, 0.15) is 0 Å². The first-order valence-corrected chi connectivity index (χ1v) is 7.98. The van der Waals surface area contributed by atoms with Crippen molar-refractivity contribution in [1.82, 2.24) is 9.99 Å². The number of carbonyl (C=O) groups is 3. The van der Waals surface area contributed by atoms with Crippen molar-refractivity contribution in [3.05, 3.63) is 22.8 Å². The summed E-state index contributed by atoms with van der Waals surface area (Å²) in [4.78, 5) is 40.2. The number of hydrogen-bond donors (Lipinski definition) is 0. The molecule has 0 spiro atoms. The van der Waals surface area contributed by atoms with E-state index in [4.69, 9.17) is 16.3 Å². The Labute approximate surface area is 150 Å². The molecule has 2 heterocycles. The maximum Gasteiger partial charge on any atom is 0.417 e. The third-order valence-corrected chi connectivity index (χ3v) is 4.60. The topological polar surface area (TPSA) is 79.8 Å². The fourth-order valence-electron chi connectivity index (χ4n) is 3.06. The van der Waals surface area contributed by atoms with Gasteiger partial charge in [-0.3, -0.25) is 19.4 Å². The molecule has 1 aliphatic heterocycles. The summed E-state index contributed by atoms with van der Waals surface area (Å²) in [5, 5.41) is 1.36. The van der Waals surface area contributed by atoms with Crippen LogP contribution in [-0.2, 0) is 25.3 Å². The number of carbonyl (C=O) groups excluding carboxylic acids is 3. The van der Waals surface area contributed by atoms with Crippen molar-refractivity contribution in [2.24, 2.45) is 17.8 Å². The molecule has 7 nitrogen and oxygen atoms in total. The van der Waals surface area contributed by atoms with Gasteiger partial charge in [0.25, 0.3) is 11.8 Å². The number of aromatic nitrogens is 1. The molecule has 3 rings (SSSR count). The Kier molecular flexibility index (Phi) is 4.33. The van der Waals surface area contributed by atoms with Crippen molar-refractivity contribution >= 4 is 35.2 Å². The highest BCUT2D eigenvalue weighted by Gasteiger charge is 2.72. The highest BCUT2D eigenvalue weighted by molar-refractivity contribution is 6.33. The second kappa shape index (κ2) is 6.11. The monoisotopic (exact) mass is 391 g/mol. The molecular formula is C15H13ClF3N3O4. The number of esters is 1. The minimum atomic E-state index is -4.62. The predicted molar refractivity (Wildman–Crippen MR) is 81.6 cm³/mol. The van der Waals surface area contributed by atoms with Gasteiger partial charge < -0.3 is 4.74 Å². The molecule has 2 amide bonds. The van der Waals surface area contributed by atoms with Crippen LogP contribution in [0.15, 0.2) is 12.3 Å². The number of anilines is 1. The molecule has 1 saturated heterocycles. The number of rotatable bonds is 4. The van der Waals surface area contributed by atoms with Gasteiger partial charge in [-0.1, -0.05) is 11.6 Å². The summed E-state index contributed by atoms with van der Waals surface area (Å²) in [7, 11) is 1.28. The summed E-state index contributed by atoms with van der Waals surface area (Å²) in [6.07, 6.45) is -4.06. The quantitative estimate of drug-likeness (QED) is 0.576. The molecular weight excluding hydrogens is 379 g/mol. The van der Waals surface area contributed by atoms with E-state index in [1.54, 1.807) is 6.92 Å². The van der Waals surface area contributed by atoms with Crippen LogP contribution >= 0.6 is 11.6 Å². The van der Waals surface area contributed by atoms with Gasteiger partial charge in [0, 0.05) is 13.2 Å². The van der Waals surface area contributed by atoms with Gasteiger partial charge in [-0.05, 0) is 13.0 Å². The Morgan fingerprint density at radius 2 is 1.92 bits per heavy atom. The van der Waals surface area contributed by atoms with E-state index >= 15 is 0 Å². The van der Waals surface area contributed by atoms with Gasteiger partial charge in [-0.25, -0.2) is 4.98 Å². The van der Waals surface area contributed by atoms with Gasteiger partial charge in [0.15, 0.2) is 5.82 Å². The minimum absolute atomic E-state index is 0.131. The van der Waals surface area contributed by atoms with E-state index in [1.807, 2.05) is 0 Å². The maximum atomic E-state index is 12.7. The van der Waals surface area contributed by atoms with Crippen LogP contribution < -0.4 is 5.01 Å². The summed E-state index contributed by atoms with van der Waals surface area (Å²) >= 11 is 5.84. The van der Waals surface area contributed by atoms with Crippen molar-refractivity contribution in [3.8, 4) is 0 Å². The van der Waals surface area contributed by atoms with Crippen LogP contribution in [0.3, 0.4) is 0 Å². The van der Waals surface area contributed by atoms with E-state index < -0.39 is 47.3 Å². The summed E-state index contributed by atoms with van der Waals surface area (Å²) < 4.78 is 42.9. The Bertz CT molecular complexity index is 779. The summed E-state index contributed by atoms with van der Waals surface area (Å²) in [5.74, 6) is -4.53. The van der Waals surface area contributed by atoms with Gasteiger partial charge in [-0.2, -0.15) is 18.2 Å². The van der Waals surface area contributed by atoms with E-state index in [1.165, 1.54) is 7.05 Å². The number of amides is 2. The zero-order chi connectivity index (χ0) is 19.4. The molecule has 1 aromatic heterocycles. The Balaban J connectivity index is 1.80. The standard InChI is InChI=1S/C15H13ClF3N3O4/c1-3-26-14(25)10-8-9(10)13(24)22(12(8)23)21(2)11-7(16)4-6(5-20-11)15(17,18)19/h4-5,8-10H,3H2,1-2H3/t8-,9-/m0/s1. The molecule has 1 saturated carbocycles. The van der Waals surface area contributed by atoms with E-state index in [0.29, 0.717) is 12.3 Å². The minimum Gasteiger partial charge on any atom is -0.466 e. The maximum absolute atomic E-state index is 12.7.